The molecular weight excluding hydrogens is 669 g/mol. The van der Waals surface area contributed by atoms with E-state index in [1.807, 2.05) is 0 Å². The van der Waals surface area contributed by atoms with Crippen molar-refractivity contribution in [2.45, 2.75) is 61.2 Å². The fraction of sp³-hybridized carbons (Fsp3) is 0.312. The summed E-state index contributed by atoms with van der Waals surface area (Å²) in [5.74, 6) is -6.26. The first-order chi connectivity index (χ1) is 22.1. The molecule has 3 aromatic carbocycles. The Kier molecular flexibility index (Phi) is 9.28. The van der Waals surface area contributed by atoms with Crippen LogP contribution in [0.4, 0.5) is 28.9 Å². The van der Waals surface area contributed by atoms with Gasteiger partial charge in [0.2, 0.25) is 11.8 Å². The summed E-state index contributed by atoms with van der Waals surface area (Å²) in [5, 5.41) is 26.1. The largest absolute Gasteiger partial charge is 0.490 e. The molecule has 2 fully saturated rings. The molecule has 0 aromatic heterocycles. The number of rotatable bonds is 4. The van der Waals surface area contributed by atoms with E-state index in [1.165, 1.54) is 30.3 Å². The van der Waals surface area contributed by atoms with Crippen molar-refractivity contribution in [3.05, 3.63) is 93.2 Å². The SMILES string of the molecule is O=C(O)C(F)(F)F.O=C(O)c1ccc(NC(=O)C2NC3(CCCCC3)C3(C(=O)Nc4cc(Cl)ccc43)C2c2cccc(Cl)c2F)cc1. The molecule has 47 heavy (non-hydrogen) atoms. The van der Waals surface area contributed by atoms with E-state index in [9.17, 15) is 32.7 Å². The number of carboxylic acids is 2. The number of benzene rings is 3. The number of amides is 2. The van der Waals surface area contributed by atoms with E-state index in [1.54, 1.807) is 30.3 Å². The summed E-state index contributed by atoms with van der Waals surface area (Å²) in [6.45, 7) is 0. The predicted octanol–water partition coefficient (Wildman–Crippen LogP) is 6.75. The molecule has 9 nitrogen and oxygen atoms in total. The van der Waals surface area contributed by atoms with E-state index in [0.29, 0.717) is 34.8 Å². The van der Waals surface area contributed by atoms with Crippen LogP contribution in [0.15, 0.2) is 60.7 Å². The Morgan fingerprint density at radius 2 is 1.57 bits per heavy atom. The number of halogens is 6. The van der Waals surface area contributed by atoms with Crippen LogP contribution in [0.1, 0.15) is 59.5 Å². The average Bonchev–Trinajstić information content (AvgIpc) is 3.46. The van der Waals surface area contributed by atoms with Crippen LogP contribution in [0, 0.1) is 5.82 Å². The maximum absolute atomic E-state index is 15.9. The summed E-state index contributed by atoms with van der Waals surface area (Å²) < 4.78 is 47.6. The molecule has 6 rings (SSSR count). The summed E-state index contributed by atoms with van der Waals surface area (Å²) in [6, 6.07) is 14.6. The number of aliphatic carboxylic acids is 1. The van der Waals surface area contributed by atoms with Crippen LogP contribution in [0.25, 0.3) is 0 Å². The highest BCUT2D eigenvalue weighted by Gasteiger charge is 2.72. The normalized spacial score (nSPS) is 22.6. The Balaban J connectivity index is 0.000000559. The van der Waals surface area contributed by atoms with Crippen LogP contribution in [-0.4, -0.2) is 51.7 Å². The van der Waals surface area contributed by atoms with Gasteiger partial charge in [0.25, 0.3) is 0 Å². The lowest BCUT2D eigenvalue weighted by molar-refractivity contribution is -0.192. The first-order valence-electron chi connectivity index (χ1n) is 14.4. The minimum atomic E-state index is -5.08. The van der Waals surface area contributed by atoms with E-state index < -0.39 is 52.8 Å². The molecule has 3 aliphatic rings. The molecule has 248 valence electrons. The van der Waals surface area contributed by atoms with Crippen LogP contribution >= 0.6 is 23.2 Å². The van der Waals surface area contributed by atoms with Gasteiger partial charge in [0.15, 0.2) is 0 Å². The number of carbonyl (C=O) groups is 4. The van der Waals surface area contributed by atoms with E-state index in [2.05, 4.69) is 16.0 Å². The van der Waals surface area contributed by atoms with Crippen molar-refractivity contribution in [3.63, 3.8) is 0 Å². The molecule has 1 saturated heterocycles. The van der Waals surface area contributed by atoms with Gasteiger partial charge >= 0.3 is 18.1 Å². The summed E-state index contributed by atoms with van der Waals surface area (Å²) in [6.07, 6.45) is -1.21. The van der Waals surface area contributed by atoms with Crippen LogP contribution in [0.3, 0.4) is 0 Å². The summed E-state index contributed by atoms with van der Waals surface area (Å²) in [5.41, 5.74) is -0.333. The maximum Gasteiger partial charge on any atom is 0.490 e. The Bertz CT molecular complexity index is 1750. The van der Waals surface area contributed by atoms with Crippen LogP contribution in [0.5, 0.6) is 0 Å². The first-order valence-corrected chi connectivity index (χ1v) is 15.2. The first kappa shape index (κ1) is 34.1. The van der Waals surface area contributed by atoms with E-state index in [0.717, 1.165) is 19.3 Å². The lowest BCUT2D eigenvalue weighted by atomic mass is 9.55. The third-order valence-electron chi connectivity index (χ3n) is 8.95. The Morgan fingerprint density at radius 3 is 2.17 bits per heavy atom. The fourth-order valence-corrected chi connectivity index (χ4v) is 7.49. The molecule has 3 unspecified atom stereocenters. The van der Waals surface area contributed by atoms with Gasteiger partial charge in [0.1, 0.15) is 11.2 Å². The van der Waals surface area contributed by atoms with Gasteiger partial charge in [0.05, 0.1) is 16.6 Å². The smallest absolute Gasteiger partial charge is 0.478 e. The minimum absolute atomic E-state index is 0.0777. The maximum atomic E-state index is 15.9. The molecule has 1 saturated carbocycles. The number of carboxylic acid groups (broad SMARTS) is 2. The number of alkyl halides is 3. The van der Waals surface area contributed by atoms with Crippen molar-refractivity contribution in [2.75, 3.05) is 10.6 Å². The van der Waals surface area contributed by atoms with Gasteiger partial charge < -0.3 is 20.8 Å². The topological polar surface area (TPSA) is 145 Å². The number of carbonyl (C=O) groups excluding carboxylic acids is 2. The quantitative estimate of drug-likeness (QED) is 0.190. The fourth-order valence-electron chi connectivity index (χ4n) is 7.13. The Labute approximate surface area is 275 Å². The van der Waals surface area contributed by atoms with Crippen molar-refractivity contribution in [3.8, 4) is 0 Å². The average molecular weight is 696 g/mol. The van der Waals surface area contributed by atoms with E-state index in [4.69, 9.17) is 33.1 Å². The van der Waals surface area contributed by atoms with Gasteiger partial charge in [-0.3, -0.25) is 14.9 Å². The highest BCUT2D eigenvalue weighted by Crippen LogP contribution is 2.62. The molecule has 15 heteroatoms. The standard InChI is InChI=1S/C30H26Cl2FN3O4.C2HF3O2/c31-17-9-12-20-22(15-17)35-28(40)30(20)23(19-5-4-6-21(32)24(19)33)25(36-29(30)13-2-1-3-14-29)26(37)34-18-10-7-16(8-11-18)27(38)39;3-2(4,5)1(6)7/h4-12,15,23,25,36H,1-3,13-14H2,(H,34,37)(H,35,40)(H,38,39);(H,6,7). The van der Waals surface area contributed by atoms with Gasteiger partial charge in [-0.25, -0.2) is 14.0 Å². The van der Waals surface area contributed by atoms with E-state index in [-0.39, 0.29) is 22.1 Å². The molecule has 3 aromatic rings. The summed E-state index contributed by atoms with van der Waals surface area (Å²) in [4.78, 5) is 48.5. The van der Waals surface area contributed by atoms with Crippen molar-refractivity contribution in [1.82, 2.24) is 5.32 Å². The lowest BCUT2D eigenvalue weighted by Gasteiger charge is -2.47. The molecule has 1 aliphatic carbocycles. The number of hydrogen-bond donors (Lipinski definition) is 5. The second kappa shape index (κ2) is 12.8. The zero-order valence-corrected chi connectivity index (χ0v) is 25.8. The van der Waals surface area contributed by atoms with Crippen LogP contribution in [0.2, 0.25) is 10.0 Å². The minimum Gasteiger partial charge on any atom is -0.478 e. The molecule has 2 spiro atoms. The zero-order chi connectivity index (χ0) is 34.3. The molecule has 0 bridgehead atoms. The monoisotopic (exact) mass is 695 g/mol. The van der Waals surface area contributed by atoms with Crippen molar-refractivity contribution in [1.29, 1.82) is 0 Å². The lowest BCUT2D eigenvalue weighted by Crippen LogP contribution is -2.60. The van der Waals surface area contributed by atoms with Crippen molar-refractivity contribution in [2.24, 2.45) is 0 Å². The Hall–Kier alpha value is -4.20. The summed E-state index contributed by atoms with van der Waals surface area (Å²) in [7, 11) is 0. The summed E-state index contributed by atoms with van der Waals surface area (Å²) >= 11 is 12.6. The number of aromatic carboxylic acids is 1. The number of anilines is 2. The third-order valence-corrected chi connectivity index (χ3v) is 9.47. The molecule has 2 heterocycles. The van der Waals surface area contributed by atoms with Crippen LogP contribution < -0.4 is 16.0 Å². The molecule has 2 amide bonds. The molecule has 3 atom stereocenters. The zero-order valence-electron chi connectivity index (χ0n) is 24.3. The molecule has 0 radical (unpaired) electrons. The highest BCUT2D eigenvalue weighted by atomic mass is 35.5. The van der Waals surface area contributed by atoms with Gasteiger partial charge in [-0.1, -0.05) is 60.7 Å². The van der Waals surface area contributed by atoms with E-state index >= 15 is 4.39 Å². The van der Waals surface area contributed by atoms with Crippen molar-refractivity contribution >= 4 is 58.3 Å². The van der Waals surface area contributed by atoms with Gasteiger partial charge in [0, 0.05) is 27.9 Å². The van der Waals surface area contributed by atoms with Gasteiger partial charge in [-0.15, -0.1) is 0 Å². The Morgan fingerprint density at radius 1 is 0.936 bits per heavy atom. The molecule has 2 aliphatic heterocycles. The van der Waals surface area contributed by atoms with Crippen LogP contribution in [-0.2, 0) is 19.8 Å². The third kappa shape index (κ3) is 6.03. The number of hydrogen-bond acceptors (Lipinski definition) is 5. The predicted molar refractivity (Wildman–Crippen MR) is 164 cm³/mol. The molecule has 5 N–H and O–H groups in total. The number of fused-ring (bicyclic) bond motifs is 3. The second-order valence-corrected chi connectivity index (χ2v) is 12.4. The number of nitrogens with one attached hydrogen (secondary N) is 3. The highest BCUT2D eigenvalue weighted by molar-refractivity contribution is 6.31. The second-order valence-electron chi connectivity index (χ2n) is 11.5. The molecular formula is C32H27Cl2F4N3O6. The van der Waals surface area contributed by atoms with Gasteiger partial charge in [-0.2, -0.15) is 13.2 Å². The van der Waals surface area contributed by atoms with Crippen molar-refractivity contribution < 1.29 is 47.0 Å². The van der Waals surface area contributed by atoms with Gasteiger partial charge in [-0.05, 0) is 66.4 Å².